The van der Waals surface area contributed by atoms with Gasteiger partial charge in [0.05, 0.1) is 6.10 Å². The molecule has 0 heterocycles. The van der Waals surface area contributed by atoms with Crippen molar-refractivity contribution in [2.45, 2.75) is 19.4 Å². The fourth-order valence-electron chi connectivity index (χ4n) is 2.06. The number of aliphatic hydroxyl groups is 1. The Bertz CT molecular complexity index is 542. The summed E-state index contributed by atoms with van der Waals surface area (Å²) in [5.74, 6) is -0.374. The average Bonchev–Trinajstić information content (AvgIpc) is 2.45. The lowest BCUT2D eigenvalue weighted by Crippen LogP contribution is -2.14. The van der Waals surface area contributed by atoms with Crippen LogP contribution in [-0.4, -0.2) is 11.7 Å². The van der Waals surface area contributed by atoms with Gasteiger partial charge in [0, 0.05) is 17.8 Å². The summed E-state index contributed by atoms with van der Waals surface area (Å²) in [5, 5.41) is 13.2. The largest absolute Gasteiger partial charge is 0.386 e. The molecule has 2 aromatic carbocycles. The second-order valence-electron chi connectivity index (χ2n) is 4.43. The third-order valence-corrected chi connectivity index (χ3v) is 3.15. The zero-order valence-electron chi connectivity index (χ0n) is 10.9. The number of halogens is 1. The molecule has 0 amide bonds. The lowest BCUT2D eigenvalue weighted by molar-refractivity contribution is 0.186. The van der Waals surface area contributed by atoms with Crippen molar-refractivity contribution in [1.29, 1.82) is 0 Å². The van der Waals surface area contributed by atoms with Crippen molar-refractivity contribution < 1.29 is 9.50 Å². The quantitative estimate of drug-likeness (QED) is 0.861. The summed E-state index contributed by atoms with van der Waals surface area (Å²) < 4.78 is 13.5. The fourth-order valence-corrected chi connectivity index (χ4v) is 2.06. The van der Waals surface area contributed by atoms with Crippen molar-refractivity contribution in [2.24, 2.45) is 0 Å². The minimum atomic E-state index is -0.855. The Balaban J connectivity index is 2.04. The second kappa shape index (κ2) is 6.34. The first-order chi connectivity index (χ1) is 9.22. The maximum Gasteiger partial charge on any atom is 0.129 e. The lowest BCUT2D eigenvalue weighted by Gasteiger charge is -2.15. The van der Waals surface area contributed by atoms with E-state index in [4.69, 9.17) is 0 Å². The number of para-hydroxylation sites is 1. The van der Waals surface area contributed by atoms with E-state index in [2.05, 4.69) is 12.2 Å². The molecule has 0 fully saturated rings. The Morgan fingerprint density at radius 3 is 2.53 bits per heavy atom. The van der Waals surface area contributed by atoms with E-state index in [-0.39, 0.29) is 12.4 Å². The molecule has 0 aliphatic carbocycles. The molecule has 2 rings (SSSR count). The van der Waals surface area contributed by atoms with Gasteiger partial charge in [0.25, 0.3) is 0 Å². The van der Waals surface area contributed by atoms with Crippen molar-refractivity contribution in [1.82, 2.24) is 0 Å². The van der Waals surface area contributed by atoms with Gasteiger partial charge < -0.3 is 10.4 Å². The van der Waals surface area contributed by atoms with Crippen LogP contribution in [0.5, 0.6) is 0 Å². The molecular weight excluding hydrogens is 241 g/mol. The standard InChI is InChI=1S/C16H18FNO/c1-2-12-7-3-6-10-15(12)18-11-16(19)13-8-4-5-9-14(13)17/h3-10,16,18-19H,2,11H2,1H3. The molecule has 0 aliphatic heterocycles. The Morgan fingerprint density at radius 1 is 1.11 bits per heavy atom. The highest BCUT2D eigenvalue weighted by Gasteiger charge is 2.12. The summed E-state index contributed by atoms with van der Waals surface area (Å²) in [6.07, 6.45) is 0.0602. The highest BCUT2D eigenvalue weighted by molar-refractivity contribution is 5.51. The van der Waals surface area contributed by atoms with Gasteiger partial charge in [0.1, 0.15) is 5.82 Å². The number of hydrogen-bond acceptors (Lipinski definition) is 2. The lowest BCUT2D eigenvalue weighted by atomic mass is 10.1. The number of anilines is 1. The molecule has 19 heavy (non-hydrogen) atoms. The zero-order chi connectivity index (χ0) is 13.7. The van der Waals surface area contributed by atoms with Crippen LogP contribution in [0.2, 0.25) is 0 Å². The normalized spacial score (nSPS) is 12.2. The van der Waals surface area contributed by atoms with Crippen LogP contribution >= 0.6 is 0 Å². The maximum atomic E-state index is 13.5. The van der Waals surface area contributed by atoms with Gasteiger partial charge in [0.15, 0.2) is 0 Å². The summed E-state index contributed by atoms with van der Waals surface area (Å²) in [4.78, 5) is 0. The fraction of sp³-hybridized carbons (Fsp3) is 0.250. The van der Waals surface area contributed by atoms with E-state index in [1.807, 2.05) is 24.3 Å². The van der Waals surface area contributed by atoms with Crippen LogP contribution in [0.25, 0.3) is 0 Å². The maximum absolute atomic E-state index is 13.5. The molecule has 0 saturated carbocycles. The summed E-state index contributed by atoms with van der Waals surface area (Å²) in [6, 6.07) is 14.2. The van der Waals surface area contributed by atoms with Gasteiger partial charge in [-0.25, -0.2) is 4.39 Å². The van der Waals surface area contributed by atoms with Crippen molar-refractivity contribution in [3.8, 4) is 0 Å². The number of benzene rings is 2. The van der Waals surface area contributed by atoms with E-state index >= 15 is 0 Å². The molecular formula is C16H18FNO. The van der Waals surface area contributed by atoms with Crippen molar-refractivity contribution in [2.75, 3.05) is 11.9 Å². The molecule has 2 aromatic rings. The highest BCUT2D eigenvalue weighted by Crippen LogP contribution is 2.20. The number of nitrogens with one attached hydrogen (secondary N) is 1. The molecule has 2 nitrogen and oxygen atoms in total. The monoisotopic (exact) mass is 259 g/mol. The molecule has 1 unspecified atom stereocenters. The third-order valence-electron chi connectivity index (χ3n) is 3.15. The van der Waals surface area contributed by atoms with Crippen molar-refractivity contribution in [3.63, 3.8) is 0 Å². The number of aryl methyl sites for hydroxylation is 1. The molecule has 3 heteroatoms. The molecule has 100 valence electrons. The predicted molar refractivity (Wildman–Crippen MR) is 75.7 cm³/mol. The molecule has 1 atom stereocenters. The van der Waals surface area contributed by atoms with Crippen LogP contribution in [0.4, 0.5) is 10.1 Å². The van der Waals surface area contributed by atoms with Crippen LogP contribution in [-0.2, 0) is 6.42 Å². The summed E-state index contributed by atoms with van der Waals surface area (Å²) in [7, 11) is 0. The zero-order valence-corrected chi connectivity index (χ0v) is 10.9. The Hall–Kier alpha value is -1.87. The summed E-state index contributed by atoms with van der Waals surface area (Å²) in [5.41, 5.74) is 2.49. The third kappa shape index (κ3) is 3.32. The molecule has 0 bridgehead atoms. The molecule has 0 aromatic heterocycles. The van der Waals surface area contributed by atoms with Crippen molar-refractivity contribution in [3.05, 3.63) is 65.5 Å². The van der Waals surface area contributed by atoms with E-state index in [0.29, 0.717) is 5.56 Å². The van der Waals surface area contributed by atoms with Gasteiger partial charge in [-0.05, 0) is 24.1 Å². The number of rotatable bonds is 5. The van der Waals surface area contributed by atoms with Crippen LogP contribution in [0.3, 0.4) is 0 Å². The summed E-state index contributed by atoms with van der Waals surface area (Å²) >= 11 is 0. The van der Waals surface area contributed by atoms with Gasteiger partial charge in [-0.2, -0.15) is 0 Å². The molecule has 0 saturated heterocycles. The molecule has 0 spiro atoms. The highest BCUT2D eigenvalue weighted by atomic mass is 19.1. The van der Waals surface area contributed by atoms with E-state index < -0.39 is 6.10 Å². The van der Waals surface area contributed by atoms with Gasteiger partial charge in [-0.1, -0.05) is 43.3 Å². The Morgan fingerprint density at radius 2 is 1.79 bits per heavy atom. The minimum absolute atomic E-state index is 0.290. The molecule has 0 radical (unpaired) electrons. The summed E-state index contributed by atoms with van der Waals surface area (Å²) in [6.45, 7) is 2.37. The first-order valence-electron chi connectivity index (χ1n) is 6.46. The van der Waals surface area contributed by atoms with Crippen LogP contribution in [0.1, 0.15) is 24.2 Å². The first kappa shape index (κ1) is 13.6. The number of hydrogen-bond donors (Lipinski definition) is 2. The van der Waals surface area contributed by atoms with Gasteiger partial charge in [0.2, 0.25) is 0 Å². The predicted octanol–water partition coefficient (Wildman–Crippen LogP) is 3.53. The van der Waals surface area contributed by atoms with Crippen LogP contribution in [0, 0.1) is 5.82 Å². The molecule has 2 N–H and O–H groups in total. The van der Waals surface area contributed by atoms with Crippen LogP contribution < -0.4 is 5.32 Å². The SMILES string of the molecule is CCc1ccccc1NCC(O)c1ccccc1F. The van der Waals surface area contributed by atoms with E-state index in [1.165, 1.54) is 11.6 Å². The number of aliphatic hydroxyl groups excluding tert-OH is 1. The van der Waals surface area contributed by atoms with E-state index in [1.54, 1.807) is 18.2 Å². The average molecular weight is 259 g/mol. The Labute approximate surface area is 112 Å². The van der Waals surface area contributed by atoms with Crippen molar-refractivity contribution >= 4 is 5.69 Å². The van der Waals surface area contributed by atoms with Gasteiger partial charge >= 0.3 is 0 Å². The minimum Gasteiger partial charge on any atom is -0.386 e. The van der Waals surface area contributed by atoms with Gasteiger partial charge in [-0.15, -0.1) is 0 Å². The second-order valence-corrected chi connectivity index (χ2v) is 4.43. The van der Waals surface area contributed by atoms with Gasteiger partial charge in [-0.3, -0.25) is 0 Å². The smallest absolute Gasteiger partial charge is 0.129 e. The first-order valence-corrected chi connectivity index (χ1v) is 6.46. The van der Waals surface area contributed by atoms with E-state index in [9.17, 15) is 9.50 Å². The topological polar surface area (TPSA) is 32.3 Å². The van der Waals surface area contributed by atoms with Crippen LogP contribution in [0.15, 0.2) is 48.5 Å². The Kier molecular flexibility index (Phi) is 4.53. The molecule has 0 aliphatic rings. The van der Waals surface area contributed by atoms with E-state index in [0.717, 1.165) is 12.1 Å².